The molecule has 1 unspecified atom stereocenters. The molecule has 6 nitrogen and oxygen atoms in total. The number of nitrogen functional groups attached to an aromatic ring is 1. The van der Waals surface area contributed by atoms with E-state index in [1.165, 1.54) is 5.56 Å². The minimum absolute atomic E-state index is 0.0256. The number of nitrogens with two attached hydrogens (primary N) is 1. The lowest BCUT2D eigenvalue weighted by molar-refractivity contribution is -0.135. The van der Waals surface area contributed by atoms with E-state index < -0.39 is 0 Å². The number of nitrogens with zero attached hydrogens (tertiary/aromatic N) is 2. The number of hydrogen-bond acceptors (Lipinski definition) is 4. The number of anilines is 1. The maximum atomic E-state index is 12.2. The van der Waals surface area contributed by atoms with Crippen LogP contribution in [0.1, 0.15) is 29.2 Å². The molecule has 1 fully saturated rings. The minimum atomic E-state index is 0.0256. The Hall–Kier alpha value is -2.34. The number of aryl methyl sites for hydroxylation is 1. The summed E-state index contributed by atoms with van der Waals surface area (Å²) >= 11 is 0. The van der Waals surface area contributed by atoms with Gasteiger partial charge in [-0.1, -0.05) is 29.8 Å². The van der Waals surface area contributed by atoms with Crippen molar-refractivity contribution < 1.29 is 9.53 Å². The van der Waals surface area contributed by atoms with Gasteiger partial charge >= 0.3 is 0 Å². The highest BCUT2D eigenvalue weighted by molar-refractivity contribution is 5.77. The van der Waals surface area contributed by atoms with E-state index >= 15 is 0 Å². The zero-order chi connectivity index (χ0) is 16.2. The van der Waals surface area contributed by atoms with Gasteiger partial charge in [0.25, 0.3) is 0 Å². The molecule has 2 aromatic rings. The van der Waals surface area contributed by atoms with Crippen LogP contribution in [0.5, 0.6) is 0 Å². The zero-order valence-corrected chi connectivity index (χ0v) is 13.3. The van der Waals surface area contributed by atoms with Crippen LogP contribution in [0.2, 0.25) is 0 Å². The first-order valence-corrected chi connectivity index (χ1v) is 7.83. The number of amides is 1. The van der Waals surface area contributed by atoms with Gasteiger partial charge in [-0.15, -0.1) is 0 Å². The molecule has 0 saturated carbocycles. The van der Waals surface area contributed by atoms with Crippen LogP contribution in [0.25, 0.3) is 0 Å². The molecule has 0 radical (unpaired) electrons. The summed E-state index contributed by atoms with van der Waals surface area (Å²) in [5.74, 6) is 0.260. The fourth-order valence-corrected chi connectivity index (χ4v) is 2.89. The average Bonchev–Trinajstić information content (AvgIpc) is 3.17. The van der Waals surface area contributed by atoms with E-state index in [0.29, 0.717) is 18.8 Å². The van der Waals surface area contributed by atoms with Gasteiger partial charge in [0, 0.05) is 19.0 Å². The molecule has 1 atom stereocenters. The lowest BCUT2D eigenvalue weighted by Gasteiger charge is -2.16. The Morgan fingerprint density at radius 1 is 1.43 bits per heavy atom. The number of aromatic nitrogens is 2. The van der Waals surface area contributed by atoms with Crippen molar-refractivity contribution >= 4 is 11.6 Å². The van der Waals surface area contributed by atoms with Crippen molar-refractivity contribution in [3.8, 4) is 0 Å². The molecule has 1 aromatic heterocycles. The van der Waals surface area contributed by atoms with Gasteiger partial charge in [0.1, 0.15) is 6.61 Å². The topological polar surface area (TPSA) is 84.2 Å². The first-order valence-electron chi connectivity index (χ1n) is 7.83. The van der Waals surface area contributed by atoms with Crippen LogP contribution >= 0.6 is 0 Å². The number of likely N-dealkylation sites (tertiary alicyclic amines) is 1. The van der Waals surface area contributed by atoms with Crippen LogP contribution in [0, 0.1) is 6.92 Å². The predicted molar refractivity (Wildman–Crippen MR) is 87.8 cm³/mol. The van der Waals surface area contributed by atoms with E-state index in [0.717, 1.165) is 24.2 Å². The number of ether oxygens (including phenoxy) is 1. The van der Waals surface area contributed by atoms with E-state index in [9.17, 15) is 4.79 Å². The summed E-state index contributed by atoms with van der Waals surface area (Å²) in [6.45, 7) is 4.01. The molecule has 2 heterocycles. The molecule has 0 spiro atoms. The monoisotopic (exact) mass is 314 g/mol. The molecule has 6 heteroatoms. The van der Waals surface area contributed by atoms with Crippen molar-refractivity contribution in [2.45, 2.75) is 25.9 Å². The molecule has 1 aromatic carbocycles. The number of H-pyrrole nitrogens is 1. The highest BCUT2D eigenvalue weighted by atomic mass is 16.5. The molecule has 3 rings (SSSR count). The number of carbonyl (C=O) groups excluding carboxylic acids is 1. The third-order valence-corrected chi connectivity index (χ3v) is 4.26. The second-order valence-electron chi connectivity index (χ2n) is 6.04. The van der Waals surface area contributed by atoms with Crippen molar-refractivity contribution in [3.05, 3.63) is 47.3 Å². The lowest BCUT2D eigenvalue weighted by atomic mass is 10.0. The molecule has 3 N–H and O–H groups in total. The molecule has 1 saturated heterocycles. The summed E-state index contributed by atoms with van der Waals surface area (Å²) in [5, 5.41) is 6.88. The summed E-state index contributed by atoms with van der Waals surface area (Å²) in [5.41, 5.74) is 9.76. The average molecular weight is 314 g/mol. The minimum Gasteiger partial charge on any atom is -0.396 e. The van der Waals surface area contributed by atoms with Crippen LogP contribution < -0.4 is 5.73 Å². The van der Waals surface area contributed by atoms with Gasteiger partial charge in [-0.05, 0) is 18.9 Å². The Labute approximate surface area is 135 Å². The summed E-state index contributed by atoms with van der Waals surface area (Å²) in [6, 6.07) is 8.13. The van der Waals surface area contributed by atoms with Crippen molar-refractivity contribution in [1.82, 2.24) is 15.1 Å². The third-order valence-electron chi connectivity index (χ3n) is 4.26. The fourth-order valence-electron chi connectivity index (χ4n) is 2.89. The Morgan fingerprint density at radius 3 is 2.91 bits per heavy atom. The number of aromatic amines is 1. The van der Waals surface area contributed by atoms with E-state index in [-0.39, 0.29) is 18.4 Å². The number of hydrogen-bond donors (Lipinski definition) is 2. The SMILES string of the molecule is Cc1ccc(COCC(=O)N2CCC(c3[nH]ncc3N)C2)cc1. The van der Waals surface area contributed by atoms with Gasteiger partial charge in [0.2, 0.25) is 5.91 Å². The standard InChI is InChI=1S/C17H22N4O2/c1-12-2-4-13(5-3-12)10-23-11-16(22)21-7-6-14(9-21)17-15(18)8-19-20-17/h2-5,8,14H,6-7,9-11,18H2,1H3,(H,19,20). The van der Waals surface area contributed by atoms with Gasteiger partial charge in [-0.25, -0.2) is 0 Å². The van der Waals surface area contributed by atoms with E-state index in [2.05, 4.69) is 10.2 Å². The summed E-state index contributed by atoms with van der Waals surface area (Å²) < 4.78 is 5.55. The molecular formula is C17H22N4O2. The van der Waals surface area contributed by atoms with Gasteiger partial charge in [-0.3, -0.25) is 9.89 Å². The van der Waals surface area contributed by atoms with Crippen LogP contribution in [0.15, 0.2) is 30.5 Å². The summed E-state index contributed by atoms with van der Waals surface area (Å²) in [7, 11) is 0. The van der Waals surface area contributed by atoms with Gasteiger partial charge < -0.3 is 15.4 Å². The fraction of sp³-hybridized carbons (Fsp3) is 0.412. The first kappa shape index (κ1) is 15.6. The molecule has 0 bridgehead atoms. The number of benzene rings is 1. The molecule has 0 aliphatic carbocycles. The normalized spacial score (nSPS) is 17.6. The second-order valence-corrected chi connectivity index (χ2v) is 6.04. The van der Waals surface area contributed by atoms with Crippen molar-refractivity contribution in [3.63, 3.8) is 0 Å². The highest BCUT2D eigenvalue weighted by Crippen LogP contribution is 2.29. The number of rotatable bonds is 5. The maximum absolute atomic E-state index is 12.2. The number of nitrogens with one attached hydrogen (secondary N) is 1. The van der Waals surface area contributed by atoms with E-state index in [1.807, 2.05) is 36.1 Å². The molecular weight excluding hydrogens is 292 g/mol. The summed E-state index contributed by atoms with van der Waals surface area (Å²) in [4.78, 5) is 14.1. The molecule has 122 valence electrons. The van der Waals surface area contributed by atoms with Crippen LogP contribution in [-0.2, 0) is 16.1 Å². The highest BCUT2D eigenvalue weighted by Gasteiger charge is 2.29. The van der Waals surface area contributed by atoms with Gasteiger partial charge in [0.05, 0.1) is 24.2 Å². The maximum Gasteiger partial charge on any atom is 0.248 e. The smallest absolute Gasteiger partial charge is 0.248 e. The Balaban J connectivity index is 1.46. The Morgan fingerprint density at radius 2 is 2.22 bits per heavy atom. The van der Waals surface area contributed by atoms with Crippen LogP contribution in [0.4, 0.5) is 5.69 Å². The van der Waals surface area contributed by atoms with Gasteiger partial charge in [-0.2, -0.15) is 5.10 Å². The number of carbonyl (C=O) groups is 1. The molecule has 1 aliphatic heterocycles. The van der Waals surface area contributed by atoms with Crippen LogP contribution in [-0.4, -0.2) is 40.7 Å². The van der Waals surface area contributed by atoms with Crippen molar-refractivity contribution in [2.24, 2.45) is 0 Å². The molecule has 1 aliphatic rings. The zero-order valence-electron chi connectivity index (χ0n) is 13.3. The predicted octanol–water partition coefficient (Wildman–Crippen LogP) is 1.83. The van der Waals surface area contributed by atoms with Crippen LogP contribution in [0.3, 0.4) is 0 Å². The summed E-state index contributed by atoms with van der Waals surface area (Å²) in [6.07, 6.45) is 2.51. The second kappa shape index (κ2) is 6.83. The largest absolute Gasteiger partial charge is 0.396 e. The Kier molecular flexibility index (Phi) is 4.62. The van der Waals surface area contributed by atoms with E-state index in [1.54, 1.807) is 6.20 Å². The van der Waals surface area contributed by atoms with Gasteiger partial charge in [0.15, 0.2) is 0 Å². The molecule has 1 amide bonds. The third kappa shape index (κ3) is 3.71. The first-order chi connectivity index (χ1) is 11.1. The van der Waals surface area contributed by atoms with Crippen molar-refractivity contribution in [1.29, 1.82) is 0 Å². The quantitative estimate of drug-likeness (QED) is 0.882. The van der Waals surface area contributed by atoms with Crippen molar-refractivity contribution in [2.75, 3.05) is 25.4 Å². The molecule has 23 heavy (non-hydrogen) atoms. The lowest BCUT2D eigenvalue weighted by Crippen LogP contribution is -2.31. The van der Waals surface area contributed by atoms with E-state index in [4.69, 9.17) is 10.5 Å². The Bertz CT molecular complexity index is 665.